The number of amides is 2. The van der Waals surface area contributed by atoms with Gasteiger partial charge in [0.1, 0.15) is 23.8 Å². The van der Waals surface area contributed by atoms with Gasteiger partial charge in [-0.3, -0.25) is 0 Å². The number of carbonyl (C=O) groups excluding carboxylic acids is 2. The number of rotatable bonds is 8. The van der Waals surface area contributed by atoms with Crippen molar-refractivity contribution >= 4 is 12.2 Å². The van der Waals surface area contributed by atoms with Gasteiger partial charge >= 0.3 is 12.2 Å². The summed E-state index contributed by atoms with van der Waals surface area (Å²) in [5, 5.41) is 13.3. The van der Waals surface area contributed by atoms with Crippen molar-refractivity contribution < 1.29 is 33.0 Å². The van der Waals surface area contributed by atoms with Gasteiger partial charge in [-0.25, -0.2) is 18.4 Å². The number of hydrogen-bond acceptors (Lipinski definition) is 5. The fourth-order valence-corrected chi connectivity index (χ4v) is 3.00. The van der Waals surface area contributed by atoms with Gasteiger partial charge in [0.05, 0.1) is 18.7 Å². The Kier molecular flexibility index (Phi) is 9.16. The Morgan fingerprint density at radius 1 is 1.06 bits per heavy atom. The Bertz CT molecular complexity index is 914. The molecule has 0 aliphatic rings. The molecule has 7 nitrogen and oxygen atoms in total. The first-order chi connectivity index (χ1) is 15.4. The SMILES string of the molecule is CN(C[C@@H](O)[C@H](Cc1cc(F)cc(F)c1)NC(=O)OCc1ccccc1)C(=O)OC(C)(C)C. The Morgan fingerprint density at radius 3 is 2.24 bits per heavy atom. The summed E-state index contributed by atoms with van der Waals surface area (Å²) in [5.41, 5.74) is 0.260. The zero-order valence-electron chi connectivity index (χ0n) is 19.2. The van der Waals surface area contributed by atoms with E-state index in [0.29, 0.717) is 0 Å². The number of hydrogen-bond donors (Lipinski definition) is 2. The van der Waals surface area contributed by atoms with Gasteiger partial charge in [-0.05, 0) is 50.5 Å². The summed E-state index contributed by atoms with van der Waals surface area (Å²) in [6.07, 6.45) is -2.86. The second-order valence-corrected chi connectivity index (χ2v) is 8.72. The maximum Gasteiger partial charge on any atom is 0.410 e. The van der Waals surface area contributed by atoms with Crippen LogP contribution in [0.1, 0.15) is 31.9 Å². The summed E-state index contributed by atoms with van der Waals surface area (Å²) < 4.78 is 37.7. The van der Waals surface area contributed by atoms with Crippen LogP contribution in [0.15, 0.2) is 48.5 Å². The van der Waals surface area contributed by atoms with Gasteiger partial charge in [-0.1, -0.05) is 30.3 Å². The summed E-state index contributed by atoms with van der Waals surface area (Å²) in [5.74, 6) is -1.56. The lowest BCUT2D eigenvalue weighted by Gasteiger charge is -2.29. The van der Waals surface area contributed by atoms with Gasteiger partial charge in [0.25, 0.3) is 0 Å². The third-order valence-electron chi connectivity index (χ3n) is 4.52. The summed E-state index contributed by atoms with van der Waals surface area (Å²) in [6, 6.07) is 10.9. The maximum atomic E-state index is 13.6. The minimum atomic E-state index is -1.28. The van der Waals surface area contributed by atoms with E-state index in [4.69, 9.17) is 9.47 Å². The van der Waals surface area contributed by atoms with Crippen LogP contribution in [0.2, 0.25) is 0 Å². The van der Waals surface area contributed by atoms with E-state index in [1.54, 1.807) is 45.0 Å². The number of alkyl carbamates (subject to hydrolysis) is 1. The van der Waals surface area contributed by atoms with Gasteiger partial charge in [0.15, 0.2) is 0 Å². The fourth-order valence-electron chi connectivity index (χ4n) is 3.00. The van der Waals surface area contributed by atoms with Crippen LogP contribution in [0, 0.1) is 11.6 Å². The molecule has 0 radical (unpaired) electrons. The Balaban J connectivity index is 2.09. The number of benzene rings is 2. The molecule has 0 saturated heterocycles. The van der Waals surface area contributed by atoms with Gasteiger partial charge in [-0.2, -0.15) is 0 Å². The van der Waals surface area contributed by atoms with E-state index < -0.39 is 41.6 Å². The lowest BCUT2D eigenvalue weighted by Crippen LogP contribution is -2.50. The molecule has 0 bridgehead atoms. The van der Waals surface area contributed by atoms with Crippen LogP contribution in [-0.2, 0) is 22.5 Å². The molecule has 2 aromatic carbocycles. The summed E-state index contributed by atoms with van der Waals surface area (Å²) in [4.78, 5) is 25.8. The van der Waals surface area contributed by atoms with Crippen molar-refractivity contribution in [1.82, 2.24) is 10.2 Å². The molecule has 2 aromatic rings. The van der Waals surface area contributed by atoms with Crippen molar-refractivity contribution in [3.63, 3.8) is 0 Å². The van der Waals surface area contributed by atoms with Crippen LogP contribution < -0.4 is 5.32 Å². The molecule has 0 heterocycles. The number of ether oxygens (including phenoxy) is 2. The van der Waals surface area contributed by atoms with E-state index in [1.165, 1.54) is 7.05 Å². The number of nitrogens with one attached hydrogen (secondary N) is 1. The molecule has 33 heavy (non-hydrogen) atoms. The highest BCUT2D eigenvalue weighted by Gasteiger charge is 2.27. The van der Waals surface area contributed by atoms with Crippen LogP contribution in [0.25, 0.3) is 0 Å². The molecule has 9 heteroatoms. The predicted octanol–water partition coefficient (Wildman–Crippen LogP) is 4.03. The number of nitrogens with zero attached hydrogens (tertiary/aromatic N) is 1. The normalized spacial score (nSPS) is 13.1. The zero-order chi connectivity index (χ0) is 24.6. The number of aliphatic hydroxyl groups excluding tert-OH is 1. The van der Waals surface area contributed by atoms with Gasteiger partial charge in [0.2, 0.25) is 0 Å². The van der Waals surface area contributed by atoms with E-state index in [0.717, 1.165) is 28.7 Å². The Morgan fingerprint density at radius 2 is 1.67 bits per heavy atom. The zero-order valence-corrected chi connectivity index (χ0v) is 19.2. The lowest BCUT2D eigenvalue weighted by molar-refractivity contribution is 0.0164. The number of likely N-dealkylation sites (N-methyl/N-ethyl adjacent to an activating group) is 1. The molecule has 0 aliphatic carbocycles. The number of halogens is 2. The van der Waals surface area contributed by atoms with Gasteiger partial charge in [-0.15, -0.1) is 0 Å². The quantitative estimate of drug-likeness (QED) is 0.616. The van der Waals surface area contributed by atoms with E-state index in [2.05, 4.69) is 5.32 Å². The van der Waals surface area contributed by atoms with Crippen molar-refractivity contribution in [2.24, 2.45) is 0 Å². The van der Waals surface area contributed by atoms with E-state index in [-0.39, 0.29) is 25.1 Å². The highest BCUT2D eigenvalue weighted by atomic mass is 19.1. The van der Waals surface area contributed by atoms with Crippen LogP contribution in [-0.4, -0.2) is 53.5 Å². The van der Waals surface area contributed by atoms with Gasteiger partial charge in [0, 0.05) is 13.1 Å². The lowest BCUT2D eigenvalue weighted by atomic mass is 10.0. The Hall–Kier alpha value is -3.20. The van der Waals surface area contributed by atoms with Crippen molar-refractivity contribution in [2.45, 2.75) is 51.5 Å². The largest absolute Gasteiger partial charge is 0.445 e. The predicted molar refractivity (Wildman–Crippen MR) is 118 cm³/mol. The van der Waals surface area contributed by atoms with Crippen LogP contribution in [0.5, 0.6) is 0 Å². The first kappa shape index (κ1) is 26.1. The molecule has 0 aromatic heterocycles. The minimum absolute atomic E-state index is 0.00188. The summed E-state index contributed by atoms with van der Waals surface area (Å²) in [7, 11) is 1.43. The number of carbonyl (C=O) groups is 2. The molecular weight excluding hydrogens is 434 g/mol. The molecular formula is C24H30F2N2O5. The molecule has 0 spiro atoms. The molecule has 2 N–H and O–H groups in total. The summed E-state index contributed by atoms with van der Waals surface area (Å²) >= 11 is 0. The third kappa shape index (κ3) is 9.44. The molecule has 2 rings (SSSR count). The summed E-state index contributed by atoms with van der Waals surface area (Å²) in [6.45, 7) is 4.93. The van der Waals surface area contributed by atoms with Crippen LogP contribution in [0.3, 0.4) is 0 Å². The fraction of sp³-hybridized carbons (Fsp3) is 0.417. The molecule has 2 atom stereocenters. The molecule has 0 unspecified atom stereocenters. The van der Waals surface area contributed by atoms with Crippen molar-refractivity contribution in [2.75, 3.05) is 13.6 Å². The standard InChI is InChI=1S/C24H30F2N2O5/c1-24(2,3)33-23(31)28(4)14-21(29)20(12-17-10-18(25)13-19(26)11-17)27-22(30)32-15-16-8-6-5-7-9-16/h5-11,13,20-21,29H,12,14-15H2,1-4H3,(H,27,30)/t20-,21+/m0/s1. The Labute approximate surface area is 192 Å². The molecule has 0 fully saturated rings. The van der Waals surface area contributed by atoms with Gasteiger partial charge < -0.3 is 24.8 Å². The van der Waals surface area contributed by atoms with E-state index >= 15 is 0 Å². The highest BCUT2D eigenvalue weighted by molar-refractivity contribution is 5.68. The maximum absolute atomic E-state index is 13.6. The molecule has 2 amide bonds. The van der Waals surface area contributed by atoms with Crippen molar-refractivity contribution in [1.29, 1.82) is 0 Å². The monoisotopic (exact) mass is 464 g/mol. The highest BCUT2D eigenvalue weighted by Crippen LogP contribution is 2.14. The first-order valence-electron chi connectivity index (χ1n) is 10.5. The van der Waals surface area contributed by atoms with Crippen molar-refractivity contribution in [3.05, 3.63) is 71.3 Å². The second-order valence-electron chi connectivity index (χ2n) is 8.72. The topological polar surface area (TPSA) is 88.1 Å². The van der Waals surface area contributed by atoms with Crippen LogP contribution in [0.4, 0.5) is 18.4 Å². The van der Waals surface area contributed by atoms with E-state index in [9.17, 15) is 23.5 Å². The smallest absolute Gasteiger partial charge is 0.410 e. The molecule has 180 valence electrons. The minimum Gasteiger partial charge on any atom is -0.445 e. The average Bonchev–Trinajstić information content (AvgIpc) is 2.70. The average molecular weight is 465 g/mol. The molecule has 0 saturated carbocycles. The van der Waals surface area contributed by atoms with Crippen LogP contribution >= 0.6 is 0 Å². The number of aliphatic hydroxyl groups is 1. The van der Waals surface area contributed by atoms with Crippen molar-refractivity contribution in [3.8, 4) is 0 Å². The molecule has 0 aliphatic heterocycles. The van der Waals surface area contributed by atoms with E-state index in [1.807, 2.05) is 6.07 Å². The third-order valence-corrected chi connectivity index (χ3v) is 4.52. The second kappa shape index (κ2) is 11.6. The first-order valence-corrected chi connectivity index (χ1v) is 10.5.